The summed E-state index contributed by atoms with van der Waals surface area (Å²) in [6.07, 6.45) is 13.4. The maximum Gasteiger partial charge on any atom is 0.312 e. The SMILES string of the molecule is C=C/C=C1/C[C@]2(C)[C@H]3CC[C@@H]4[C@H]5[C@H](C(=C)C)CC[C@]5(C(=O)OC)CC[C@@]4(C)[C@]3(C)CC[C@H]2C(C)(C)C1=O. The zero-order valence-electron chi connectivity index (χ0n) is 24.5. The molecule has 0 aromatic heterocycles. The Hall–Kier alpha value is -1.64. The number of esters is 1. The van der Waals surface area contributed by atoms with Gasteiger partial charge in [-0.05, 0) is 116 Å². The number of allylic oxidation sites excluding steroid dienone is 4. The van der Waals surface area contributed by atoms with Gasteiger partial charge in [-0.3, -0.25) is 9.59 Å². The van der Waals surface area contributed by atoms with Crippen LogP contribution in [-0.2, 0) is 14.3 Å². The van der Waals surface area contributed by atoms with Crippen LogP contribution in [0.1, 0.15) is 99.3 Å². The molecular formula is C34H50O3. The van der Waals surface area contributed by atoms with E-state index in [0.29, 0.717) is 35.4 Å². The highest BCUT2D eigenvalue weighted by Gasteiger charge is 2.72. The molecule has 0 aromatic rings. The molecule has 0 bridgehead atoms. The molecule has 5 rings (SSSR count). The van der Waals surface area contributed by atoms with Gasteiger partial charge in [-0.2, -0.15) is 0 Å². The first-order valence-electron chi connectivity index (χ1n) is 14.8. The van der Waals surface area contributed by atoms with Crippen LogP contribution < -0.4 is 0 Å². The van der Waals surface area contributed by atoms with Gasteiger partial charge in [0.05, 0.1) is 12.5 Å². The van der Waals surface area contributed by atoms with Crippen LogP contribution in [0.15, 0.2) is 36.5 Å². The van der Waals surface area contributed by atoms with Gasteiger partial charge in [-0.25, -0.2) is 0 Å². The predicted octanol–water partition coefficient (Wildman–Crippen LogP) is 8.11. The van der Waals surface area contributed by atoms with Gasteiger partial charge in [0.1, 0.15) is 0 Å². The Kier molecular flexibility index (Phi) is 6.14. The minimum Gasteiger partial charge on any atom is -0.469 e. The first-order chi connectivity index (χ1) is 17.2. The lowest BCUT2D eigenvalue weighted by Crippen LogP contribution is -2.67. The second-order valence-electron chi connectivity index (χ2n) is 15.0. The number of ketones is 1. The summed E-state index contributed by atoms with van der Waals surface area (Å²) in [7, 11) is 1.58. The molecule has 0 radical (unpaired) electrons. The summed E-state index contributed by atoms with van der Waals surface area (Å²) < 4.78 is 5.51. The smallest absolute Gasteiger partial charge is 0.312 e. The van der Waals surface area contributed by atoms with E-state index in [-0.39, 0.29) is 33.0 Å². The van der Waals surface area contributed by atoms with Crippen LogP contribution in [0.2, 0.25) is 0 Å². The fourth-order valence-electron chi connectivity index (χ4n) is 11.8. The number of methoxy groups -OCH3 is 1. The van der Waals surface area contributed by atoms with Crippen molar-refractivity contribution < 1.29 is 14.3 Å². The van der Waals surface area contributed by atoms with Crippen LogP contribution in [0.25, 0.3) is 0 Å². The number of hydrogen-bond donors (Lipinski definition) is 0. The molecule has 37 heavy (non-hydrogen) atoms. The Morgan fingerprint density at radius 3 is 2.27 bits per heavy atom. The molecule has 0 unspecified atom stereocenters. The minimum atomic E-state index is -0.343. The Morgan fingerprint density at radius 1 is 0.946 bits per heavy atom. The highest BCUT2D eigenvalue weighted by atomic mass is 16.5. The molecule has 9 atom stereocenters. The highest BCUT2D eigenvalue weighted by Crippen LogP contribution is 2.77. The molecule has 5 aliphatic carbocycles. The van der Waals surface area contributed by atoms with Gasteiger partial charge in [0.2, 0.25) is 0 Å². The van der Waals surface area contributed by atoms with E-state index in [0.717, 1.165) is 44.1 Å². The van der Waals surface area contributed by atoms with Gasteiger partial charge in [0.25, 0.3) is 0 Å². The Morgan fingerprint density at radius 2 is 1.65 bits per heavy atom. The summed E-state index contributed by atoms with van der Waals surface area (Å²) in [6, 6.07) is 0. The summed E-state index contributed by atoms with van der Waals surface area (Å²) in [6.45, 7) is 22.6. The zero-order valence-corrected chi connectivity index (χ0v) is 24.5. The number of hydrogen-bond acceptors (Lipinski definition) is 3. The van der Waals surface area contributed by atoms with Crippen LogP contribution in [0, 0.1) is 56.7 Å². The first-order valence-corrected chi connectivity index (χ1v) is 14.8. The number of ether oxygens (including phenoxy) is 1. The summed E-state index contributed by atoms with van der Waals surface area (Å²) >= 11 is 0. The molecule has 3 heteroatoms. The van der Waals surface area contributed by atoms with E-state index in [4.69, 9.17) is 4.74 Å². The van der Waals surface area contributed by atoms with E-state index in [2.05, 4.69) is 54.7 Å². The summed E-state index contributed by atoms with van der Waals surface area (Å²) in [5, 5.41) is 0. The second kappa shape index (κ2) is 8.43. The summed E-state index contributed by atoms with van der Waals surface area (Å²) in [5.74, 6) is 2.57. The van der Waals surface area contributed by atoms with Crippen LogP contribution in [-0.4, -0.2) is 18.9 Å². The molecular weight excluding hydrogens is 456 g/mol. The van der Waals surface area contributed by atoms with Gasteiger partial charge in [-0.1, -0.05) is 65.5 Å². The normalized spacial score (nSPS) is 49.3. The van der Waals surface area contributed by atoms with Gasteiger partial charge in [-0.15, -0.1) is 0 Å². The average Bonchev–Trinajstić information content (AvgIpc) is 3.23. The van der Waals surface area contributed by atoms with Gasteiger partial charge in [0.15, 0.2) is 5.78 Å². The lowest BCUT2D eigenvalue weighted by molar-refractivity contribution is -0.232. The van der Waals surface area contributed by atoms with Crippen LogP contribution in [0.4, 0.5) is 0 Å². The van der Waals surface area contributed by atoms with Gasteiger partial charge >= 0.3 is 5.97 Å². The predicted molar refractivity (Wildman–Crippen MR) is 150 cm³/mol. The molecule has 0 saturated heterocycles. The third-order valence-corrected chi connectivity index (χ3v) is 13.6. The van der Waals surface area contributed by atoms with E-state index < -0.39 is 0 Å². The first kappa shape index (κ1) is 26.9. The number of carbonyl (C=O) groups excluding carboxylic acids is 2. The largest absolute Gasteiger partial charge is 0.469 e. The molecule has 0 heterocycles. The van der Waals surface area contributed by atoms with E-state index in [1.165, 1.54) is 24.8 Å². The topological polar surface area (TPSA) is 43.4 Å². The van der Waals surface area contributed by atoms with Crippen molar-refractivity contribution in [1.29, 1.82) is 0 Å². The molecule has 0 amide bonds. The molecule has 204 valence electrons. The van der Waals surface area contributed by atoms with E-state index in [1.807, 2.05) is 6.08 Å². The van der Waals surface area contributed by atoms with E-state index >= 15 is 0 Å². The molecule has 0 spiro atoms. The quantitative estimate of drug-likeness (QED) is 0.221. The molecule has 5 fully saturated rings. The van der Waals surface area contributed by atoms with Gasteiger partial charge in [0, 0.05) is 5.41 Å². The second-order valence-corrected chi connectivity index (χ2v) is 15.0. The summed E-state index contributed by atoms with van der Waals surface area (Å²) in [5.41, 5.74) is 1.97. The minimum absolute atomic E-state index is 0.0259. The monoisotopic (exact) mass is 506 g/mol. The molecule has 3 nitrogen and oxygen atoms in total. The number of rotatable bonds is 3. The molecule has 0 aromatic carbocycles. The van der Waals surface area contributed by atoms with Crippen molar-refractivity contribution in [3.05, 3.63) is 36.5 Å². The Bertz CT molecular complexity index is 1060. The average molecular weight is 507 g/mol. The zero-order chi connectivity index (χ0) is 27.2. The van der Waals surface area contributed by atoms with Crippen molar-refractivity contribution in [1.82, 2.24) is 0 Å². The molecule has 5 saturated carbocycles. The van der Waals surface area contributed by atoms with Crippen LogP contribution in [0.3, 0.4) is 0 Å². The van der Waals surface area contributed by atoms with Crippen molar-refractivity contribution in [3.63, 3.8) is 0 Å². The summed E-state index contributed by atoms with van der Waals surface area (Å²) in [4.78, 5) is 27.0. The third kappa shape index (κ3) is 3.24. The highest BCUT2D eigenvalue weighted by molar-refractivity contribution is 6.01. The van der Waals surface area contributed by atoms with Crippen molar-refractivity contribution in [3.8, 4) is 0 Å². The molecule has 0 N–H and O–H groups in total. The van der Waals surface area contributed by atoms with Crippen LogP contribution >= 0.6 is 0 Å². The number of fused-ring (bicyclic) bond motifs is 7. The van der Waals surface area contributed by atoms with Crippen LogP contribution in [0.5, 0.6) is 0 Å². The molecule has 0 aliphatic heterocycles. The maximum atomic E-state index is 13.5. The lowest BCUT2D eigenvalue weighted by Gasteiger charge is -2.72. The van der Waals surface area contributed by atoms with Crippen molar-refractivity contribution in [2.45, 2.75) is 99.3 Å². The number of carbonyl (C=O) groups is 2. The fourth-order valence-corrected chi connectivity index (χ4v) is 11.8. The third-order valence-electron chi connectivity index (χ3n) is 13.6. The van der Waals surface area contributed by atoms with E-state index in [9.17, 15) is 9.59 Å². The standard InChI is InChI=1S/C34H50O3/c1-10-11-22-20-31(6)25(30(4,5)28(22)35)15-16-33(8)26(31)13-12-24-27-23(21(2)3)14-17-34(27,29(36)37-9)19-18-32(24,33)7/h10-11,23-27H,1-2,12-20H2,3-9H3/b22-11-/t23-,24+,25-,26+,27+,31-,32+,33+,34-/m0/s1. The maximum absolute atomic E-state index is 13.5. The van der Waals surface area contributed by atoms with Crippen molar-refractivity contribution in [2.24, 2.45) is 56.7 Å². The lowest BCUT2D eigenvalue weighted by atomic mass is 9.32. The Balaban J connectivity index is 1.59. The van der Waals surface area contributed by atoms with Crippen molar-refractivity contribution in [2.75, 3.05) is 7.11 Å². The van der Waals surface area contributed by atoms with E-state index in [1.54, 1.807) is 13.2 Å². The Labute approximate surface area is 225 Å². The number of Topliss-reactive ketones (excluding diaryl/α,β-unsaturated/α-hetero) is 1. The van der Waals surface area contributed by atoms with Gasteiger partial charge < -0.3 is 4.74 Å². The molecule has 5 aliphatic rings. The fraction of sp³-hybridized carbons (Fsp3) is 0.765. The van der Waals surface area contributed by atoms with Crippen molar-refractivity contribution >= 4 is 11.8 Å².